The molecular weight excluding hydrogens is 497 g/mol. The molecule has 6 aromatic rings. The van der Waals surface area contributed by atoms with Crippen molar-refractivity contribution in [2.45, 2.75) is 0 Å². The maximum absolute atomic E-state index is 4.89. The van der Waals surface area contributed by atoms with Crippen molar-refractivity contribution in [1.82, 2.24) is 9.49 Å². The van der Waals surface area contributed by atoms with E-state index in [9.17, 15) is 0 Å². The third-order valence-electron chi connectivity index (χ3n) is 4.74. The average molecular weight is 515 g/mol. The number of halogens is 2. The van der Waals surface area contributed by atoms with Gasteiger partial charge in [-0.3, -0.25) is 0 Å². The standard InChI is InChI=1S/2C12H9NP.2ClH.Ti/c2*1-2-5-11-9-12(8-10(11)4-1)14-7-3-6-13-14;;;/h2*1-9H;2*1H;/q2*-1;;;+2/p-2. The second-order valence-corrected chi connectivity index (χ2v) is 12.7. The van der Waals surface area contributed by atoms with Crippen molar-refractivity contribution in [3.05, 3.63) is 109 Å². The first-order valence-corrected chi connectivity index (χ1v) is 16.6. The quantitative estimate of drug-likeness (QED) is 0.170. The van der Waals surface area contributed by atoms with Crippen LogP contribution < -0.4 is 0 Å². The minimum atomic E-state index is -0.556. The van der Waals surface area contributed by atoms with E-state index in [0.717, 1.165) is 0 Å². The summed E-state index contributed by atoms with van der Waals surface area (Å²) in [5, 5.41) is 7.99. The first kappa shape index (κ1) is 22.6. The molecule has 0 amide bonds. The van der Waals surface area contributed by atoms with E-state index in [4.69, 9.17) is 18.6 Å². The van der Waals surface area contributed by atoms with Gasteiger partial charge in [0.1, 0.15) is 0 Å². The molecule has 7 heteroatoms. The molecule has 4 aromatic carbocycles. The Morgan fingerprint density at radius 1 is 0.645 bits per heavy atom. The summed E-state index contributed by atoms with van der Waals surface area (Å²) in [6, 6.07) is 29.9. The maximum atomic E-state index is 4.89. The van der Waals surface area contributed by atoms with Crippen molar-refractivity contribution in [2.24, 2.45) is 0 Å². The summed E-state index contributed by atoms with van der Waals surface area (Å²) in [6.07, 6.45) is 3.78. The second-order valence-electron chi connectivity index (χ2n) is 6.66. The Bertz CT molecular complexity index is 1170. The zero-order valence-electron chi connectivity index (χ0n) is 16.4. The van der Waals surface area contributed by atoms with E-state index in [1.807, 2.05) is 24.5 Å². The van der Waals surface area contributed by atoms with E-state index in [0.29, 0.717) is 0 Å². The zero-order valence-corrected chi connectivity index (χ0v) is 21.3. The minimum Gasteiger partial charge on any atom is -0.243 e. The number of rotatable bonds is 2. The molecule has 2 nitrogen and oxygen atoms in total. The van der Waals surface area contributed by atoms with Gasteiger partial charge in [-0.15, -0.1) is 70.1 Å². The van der Waals surface area contributed by atoms with Gasteiger partial charge in [0, 0.05) is 12.4 Å². The smallest absolute Gasteiger partial charge is 0.0316 e. The molecule has 0 spiro atoms. The average Bonchev–Trinajstić information content (AvgIpc) is 3.60. The van der Waals surface area contributed by atoms with Gasteiger partial charge in [-0.2, -0.15) is 12.1 Å². The van der Waals surface area contributed by atoms with Crippen LogP contribution in [0.4, 0.5) is 0 Å². The molecule has 0 fully saturated rings. The summed E-state index contributed by atoms with van der Waals surface area (Å²) in [5.74, 6) is 4.37. The molecule has 0 aliphatic heterocycles. The molecule has 2 aromatic heterocycles. The molecule has 0 aliphatic carbocycles. The molecule has 0 saturated carbocycles. The fourth-order valence-corrected chi connectivity index (χ4v) is 6.15. The van der Waals surface area contributed by atoms with Crippen molar-refractivity contribution < 1.29 is 17.0 Å². The number of nitrogens with zero attached hydrogens (tertiary/aromatic N) is 2. The molecular formula is C24H18Cl2N2P2Ti-2. The summed E-state index contributed by atoms with van der Waals surface area (Å²) in [6.45, 7) is 0. The fourth-order valence-electron chi connectivity index (χ4n) is 3.38. The summed E-state index contributed by atoms with van der Waals surface area (Å²) < 4.78 is 8.86. The van der Waals surface area contributed by atoms with Gasteiger partial charge in [0.2, 0.25) is 0 Å². The molecule has 2 heterocycles. The Hall–Kier alpha value is -1.63. The van der Waals surface area contributed by atoms with Crippen LogP contribution in [0.5, 0.6) is 0 Å². The van der Waals surface area contributed by atoms with Crippen molar-refractivity contribution in [3.63, 3.8) is 0 Å². The number of hydrogen-bond donors (Lipinski definition) is 0. The first-order valence-electron chi connectivity index (χ1n) is 9.56. The Morgan fingerprint density at radius 3 is 1.42 bits per heavy atom. The first-order chi connectivity index (χ1) is 15.3. The van der Waals surface area contributed by atoms with Gasteiger partial charge in [-0.25, -0.2) is 9.49 Å². The molecule has 0 aliphatic rings. The van der Waals surface area contributed by atoms with Crippen LogP contribution in [0.1, 0.15) is 0 Å². The maximum Gasteiger partial charge on any atom is 0.0316 e. The summed E-state index contributed by atoms with van der Waals surface area (Å²) in [7, 11) is 8.98. The summed E-state index contributed by atoms with van der Waals surface area (Å²) >= 11 is -0.556. The largest absolute Gasteiger partial charge is 0.243 e. The third-order valence-corrected chi connectivity index (χ3v) is 7.99. The Kier molecular flexibility index (Phi) is 8.23. The molecule has 6 rings (SSSR count). The predicted octanol–water partition coefficient (Wildman–Crippen LogP) is 9.24. The Labute approximate surface area is 200 Å². The van der Waals surface area contributed by atoms with E-state index < -0.39 is 32.4 Å². The Balaban J connectivity index is 0.000000133. The van der Waals surface area contributed by atoms with Crippen LogP contribution in [-0.2, 0) is 17.0 Å². The van der Waals surface area contributed by atoms with E-state index in [-0.39, 0.29) is 0 Å². The van der Waals surface area contributed by atoms with Crippen LogP contribution in [0, 0.1) is 0 Å². The number of fused-ring (bicyclic) bond motifs is 2. The predicted molar refractivity (Wildman–Crippen MR) is 134 cm³/mol. The van der Waals surface area contributed by atoms with Crippen molar-refractivity contribution in [2.75, 3.05) is 0 Å². The van der Waals surface area contributed by atoms with Gasteiger partial charge in [0.05, 0.1) is 0 Å². The van der Waals surface area contributed by atoms with Gasteiger partial charge in [0.25, 0.3) is 0 Å². The van der Waals surface area contributed by atoms with Crippen LogP contribution in [0.2, 0.25) is 0 Å². The molecule has 0 saturated heterocycles. The van der Waals surface area contributed by atoms with E-state index in [2.05, 4.69) is 93.9 Å². The number of aromatic nitrogens is 2. The number of hydrogen-bond acceptors (Lipinski definition) is 2. The van der Waals surface area contributed by atoms with Gasteiger partial charge in [-0.1, -0.05) is 22.7 Å². The van der Waals surface area contributed by atoms with Crippen LogP contribution in [0.25, 0.3) is 32.2 Å². The van der Waals surface area contributed by atoms with Gasteiger partial charge in [-0.05, 0) is 39.1 Å². The second kappa shape index (κ2) is 11.3. The molecule has 2 unspecified atom stereocenters. The molecule has 2 atom stereocenters. The van der Waals surface area contributed by atoms with Crippen LogP contribution in [0.3, 0.4) is 0 Å². The van der Waals surface area contributed by atoms with Crippen LogP contribution >= 0.6 is 34.0 Å². The summed E-state index contributed by atoms with van der Waals surface area (Å²) in [4.78, 5) is 0. The van der Waals surface area contributed by atoms with Crippen LogP contribution in [0.15, 0.2) is 109 Å². The summed E-state index contributed by atoms with van der Waals surface area (Å²) in [5.41, 5.74) is 0. The monoisotopic (exact) mass is 514 g/mol. The van der Waals surface area contributed by atoms with Gasteiger partial charge < -0.3 is 0 Å². The molecule has 0 radical (unpaired) electrons. The van der Waals surface area contributed by atoms with Crippen molar-refractivity contribution in [1.29, 1.82) is 0 Å². The molecule has 0 N–H and O–H groups in total. The topological polar surface area (TPSA) is 25.8 Å². The van der Waals surface area contributed by atoms with E-state index in [1.165, 1.54) is 32.2 Å². The van der Waals surface area contributed by atoms with E-state index in [1.54, 1.807) is 0 Å². The van der Waals surface area contributed by atoms with Crippen molar-refractivity contribution >= 4 is 55.5 Å². The molecule has 0 bridgehead atoms. The minimum absolute atomic E-state index is 0.398. The van der Waals surface area contributed by atoms with E-state index >= 15 is 0 Å². The van der Waals surface area contributed by atoms with Gasteiger partial charge in [0.15, 0.2) is 0 Å². The zero-order chi connectivity index (χ0) is 21.5. The fraction of sp³-hybridized carbons (Fsp3) is 0. The Morgan fingerprint density at radius 2 is 1.06 bits per heavy atom. The SMILES string of the molecule is [Cl][Ti][Cl].c1ccc2[cH-]c(-p3cccn3)cc2c1.c1ccc2[cH-]c(-p3cccn3)cc2c1. The van der Waals surface area contributed by atoms with Gasteiger partial charge >= 0.3 is 35.6 Å². The number of benzene rings is 2. The normalized spacial score (nSPS) is 11.4. The molecule has 154 valence electrons. The van der Waals surface area contributed by atoms with Crippen LogP contribution in [-0.4, -0.2) is 9.49 Å². The third kappa shape index (κ3) is 5.79. The molecule has 31 heavy (non-hydrogen) atoms. The van der Waals surface area contributed by atoms with Crippen molar-refractivity contribution in [3.8, 4) is 10.6 Å².